The van der Waals surface area contributed by atoms with Crippen molar-refractivity contribution in [3.63, 3.8) is 0 Å². The SMILES string of the molecule is CC/C(=C/CNc1ccc(C)cc1C)C(=O)OC. The number of benzene rings is 1. The molecule has 0 aliphatic carbocycles. The summed E-state index contributed by atoms with van der Waals surface area (Å²) in [6.07, 6.45) is 2.56. The van der Waals surface area contributed by atoms with Crippen molar-refractivity contribution in [2.24, 2.45) is 0 Å². The number of ether oxygens (including phenoxy) is 1. The first-order valence-corrected chi connectivity index (χ1v) is 6.17. The van der Waals surface area contributed by atoms with E-state index in [-0.39, 0.29) is 5.97 Å². The van der Waals surface area contributed by atoms with E-state index in [1.54, 1.807) is 0 Å². The van der Waals surface area contributed by atoms with Gasteiger partial charge in [-0.05, 0) is 31.9 Å². The van der Waals surface area contributed by atoms with Crippen LogP contribution in [0.15, 0.2) is 29.8 Å². The van der Waals surface area contributed by atoms with Gasteiger partial charge in [0, 0.05) is 17.8 Å². The molecular weight excluding hydrogens is 226 g/mol. The van der Waals surface area contributed by atoms with Crippen LogP contribution in [0.2, 0.25) is 0 Å². The lowest BCUT2D eigenvalue weighted by Gasteiger charge is -2.09. The molecule has 1 rings (SSSR count). The summed E-state index contributed by atoms with van der Waals surface area (Å²) < 4.78 is 4.71. The van der Waals surface area contributed by atoms with E-state index in [0.29, 0.717) is 18.5 Å². The molecule has 0 aromatic heterocycles. The highest BCUT2D eigenvalue weighted by atomic mass is 16.5. The molecule has 0 unspecified atom stereocenters. The third kappa shape index (κ3) is 3.91. The Labute approximate surface area is 109 Å². The number of rotatable bonds is 5. The van der Waals surface area contributed by atoms with Crippen LogP contribution < -0.4 is 5.32 Å². The molecule has 0 radical (unpaired) electrons. The summed E-state index contributed by atoms with van der Waals surface area (Å²) >= 11 is 0. The van der Waals surface area contributed by atoms with Crippen molar-refractivity contribution >= 4 is 11.7 Å². The number of anilines is 1. The zero-order chi connectivity index (χ0) is 13.5. The van der Waals surface area contributed by atoms with E-state index < -0.39 is 0 Å². The van der Waals surface area contributed by atoms with E-state index in [0.717, 1.165) is 5.69 Å². The molecular formula is C15H21NO2. The Hall–Kier alpha value is -1.77. The summed E-state index contributed by atoms with van der Waals surface area (Å²) in [7, 11) is 1.41. The second-order valence-electron chi connectivity index (χ2n) is 4.27. The number of carbonyl (C=O) groups excluding carboxylic acids is 1. The molecule has 0 fully saturated rings. The van der Waals surface area contributed by atoms with E-state index in [2.05, 4.69) is 37.4 Å². The Morgan fingerprint density at radius 2 is 2.11 bits per heavy atom. The predicted molar refractivity (Wildman–Crippen MR) is 74.8 cm³/mol. The Morgan fingerprint density at radius 1 is 1.39 bits per heavy atom. The Balaban J connectivity index is 2.65. The van der Waals surface area contributed by atoms with Gasteiger partial charge in [0.15, 0.2) is 0 Å². The zero-order valence-corrected chi connectivity index (χ0v) is 11.5. The largest absolute Gasteiger partial charge is 0.466 e. The van der Waals surface area contributed by atoms with Gasteiger partial charge >= 0.3 is 5.97 Å². The van der Waals surface area contributed by atoms with Gasteiger partial charge in [-0.25, -0.2) is 4.79 Å². The number of aryl methyl sites for hydroxylation is 2. The van der Waals surface area contributed by atoms with Gasteiger partial charge < -0.3 is 10.1 Å². The van der Waals surface area contributed by atoms with Crippen LogP contribution in [0.3, 0.4) is 0 Å². The van der Waals surface area contributed by atoms with E-state index in [1.807, 2.05) is 13.0 Å². The number of nitrogens with one attached hydrogen (secondary N) is 1. The third-order valence-electron chi connectivity index (χ3n) is 2.85. The minimum atomic E-state index is -0.250. The van der Waals surface area contributed by atoms with Crippen LogP contribution in [0.1, 0.15) is 24.5 Å². The summed E-state index contributed by atoms with van der Waals surface area (Å²) in [6.45, 7) is 6.71. The summed E-state index contributed by atoms with van der Waals surface area (Å²) in [5, 5.41) is 3.30. The van der Waals surface area contributed by atoms with Crippen molar-refractivity contribution < 1.29 is 9.53 Å². The molecule has 0 atom stereocenters. The smallest absolute Gasteiger partial charge is 0.333 e. The average molecular weight is 247 g/mol. The first-order chi connectivity index (χ1) is 8.58. The molecule has 3 heteroatoms. The number of carbonyl (C=O) groups is 1. The molecule has 0 bridgehead atoms. The Kier molecular flexibility index (Phi) is 5.43. The quantitative estimate of drug-likeness (QED) is 0.641. The molecule has 0 amide bonds. The summed E-state index contributed by atoms with van der Waals surface area (Å²) in [4.78, 5) is 11.4. The van der Waals surface area contributed by atoms with Crippen LogP contribution in [-0.2, 0) is 9.53 Å². The number of hydrogen-bond donors (Lipinski definition) is 1. The highest BCUT2D eigenvalue weighted by Gasteiger charge is 2.05. The summed E-state index contributed by atoms with van der Waals surface area (Å²) in [6, 6.07) is 6.26. The molecule has 0 aliphatic heterocycles. The van der Waals surface area contributed by atoms with Crippen LogP contribution in [0.25, 0.3) is 0 Å². The van der Waals surface area contributed by atoms with Crippen molar-refractivity contribution in [2.45, 2.75) is 27.2 Å². The van der Waals surface area contributed by atoms with Gasteiger partial charge in [0.25, 0.3) is 0 Å². The van der Waals surface area contributed by atoms with Crippen LogP contribution in [-0.4, -0.2) is 19.6 Å². The van der Waals surface area contributed by atoms with Crippen LogP contribution >= 0.6 is 0 Å². The molecule has 0 saturated heterocycles. The van der Waals surface area contributed by atoms with Gasteiger partial charge in [-0.15, -0.1) is 0 Å². The van der Waals surface area contributed by atoms with Crippen molar-refractivity contribution in [3.8, 4) is 0 Å². The minimum absolute atomic E-state index is 0.250. The molecule has 98 valence electrons. The van der Waals surface area contributed by atoms with Crippen molar-refractivity contribution in [1.29, 1.82) is 0 Å². The maximum absolute atomic E-state index is 11.4. The summed E-state index contributed by atoms with van der Waals surface area (Å²) in [5.41, 5.74) is 4.25. The van der Waals surface area contributed by atoms with Gasteiger partial charge in [0.05, 0.1) is 7.11 Å². The Morgan fingerprint density at radius 3 is 2.67 bits per heavy atom. The monoisotopic (exact) mass is 247 g/mol. The molecule has 0 spiro atoms. The van der Waals surface area contributed by atoms with E-state index in [9.17, 15) is 4.79 Å². The fraction of sp³-hybridized carbons (Fsp3) is 0.400. The molecule has 0 aliphatic rings. The zero-order valence-electron chi connectivity index (χ0n) is 11.5. The standard InChI is InChI=1S/C15H21NO2/c1-5-13(15(17)18-4)8-9-16-14-7-6-11(2)10-12(14)3/h6-8,10,16H,5,9H2,1-4H3/b13-8-. The second-order valence-corrected chi connectivity index (χ2v) is 4.27. The molecule has 0 saturated carbocycles. The van der Waals surface area contributed by atoms with Crippen molar-refractivity contribution in [2.75, 3.05) is 19.0 Å². The molecule has 18 heavy (non-hydrogen) atoms. The molecule has 1 aromatic rings. The fourth-order valence-corrected chi connectivity index (χ4v) is 1.80. The van der Waals surface area contributed by atoms with Crippen LogP contribution in [0.5, 0.6) is 0 Å². The van der Waals surface area contributed by atoms with Crippen LogP contribution in [0, 0.1) is 13.8 Å². The van der Waals surface area contributed by atoms with E-state index in [1.165, 1.54) is 18.2 Å². The van der Waals surface area contributed by atoms with Crippen molar-refractivity contribution in [1.82, 2.24) is 0 Å². The summed E-state index contributed by atoms with van der Waals surface area (Å²) in [5.74, 6) is -0.250. The molecule has 1 aromatic carbocycles. The number of esters is 1. The van der Waals surface area contributed by atoms with Gasteiger partial charge in [0.2, 0.25) is 0 Å². The maximum Gasteiger partial charge on any atom is 0.333 e. The third-order valence-corrected chi connectivity index (χ3v) is 2.85. The van der Waals surface area contributed by atoms with Crippen molar-refractivity contribution in [3.05, 3.63) is 41.0 Å². The van der Waals surface area contributed by atoms with E-state index in [4.69, 9.17) is 4.74 Å². The first kappa shape index (κ1) is 14.3. The number of hydrogen-bond acceptors (Lipinski definition) is 3. The maximum atomic E-state index is 11.4. The lowest BCUT2D eigenvalue weighted by atomic mass is 10.1. The second kappa shape index (κ2) is 6.84. The fourth-order valence-electron chi connectivity index (χ4n) is 1.80. The molecule has 0 heterocycles. The highest BCUT2D eigenvalue weighted by Crippen LogP contribution is 2.15. The topological polar surface area (TPSA) is 38.3 Å². The minimum Gasteiger partial charge on any atom is -0.466 e. The predicted octanol–water partition coefficient (Wildman–Crippen LogP) is 3.22. The lowest BCUT2D eigenvalue weighted by molar-refractivity contribution is -0.136. The first-order valence-electron chi connectivity index (χ1n) is 6.17. The van der Waals surface area contributed by atoms with Crippen LogP contribution in [0.4, 0.5) is 5.69 Å². The average Bonchev–Trinajstić information content (AvgIpc) is 2.36. The Bertz CT molecular complexity index is 450. The van der Waals surface area contributed by atoms with Gasteiger partial charge in [-0.3, -0.25) is 0 Å². The number of methoxy groups -OCH3 is 1. The van der Waals surface area contributed by atoms with Gasteiger partial charge in [-0.1, -0.05) is 30.7 Å². The van der Waals surface area contributed by atoms with Gasteiger partial charge in [-0.2, -0.15) is 0 Å². The normalized spacial score (nSPS) is 11.2. The van der Waals surface area contributed by atoms with Gasteiger partial charge in [0.1, 0.15) is 0 Å². The lowest BCUT2D eigenvalue weighted by Crippen LogP contribution is -2.07. The molecule has 3 nitrogen and oxygen atoms in total. The van der Waals surface area contributed by atoms with E-state index >= 15 is 0 Å². The highest BCUT2D eigenvalue weighted by molar-refractivity contribution is 5.88. The molecule has 1 N–H and O–H groups in total.